The minimum absolute atomic E-state index is 0.789. The fraction of sp³-hybridized carbons (Fsp3) is 1.00. The first-order chi connectivity index (χ1) is 8.13. The van der Waals surface area contributed by atoms with Crippen molar-refractivity contribution in [3.63, 3.8) is 0 Å². The fourth-order valence-corrected chi connectivity index (χ4v) is 2.70. The van der Waals surface area contributed by atoms with Gasteiger partial charge in [-0.3, -0.25) is 0 Å². The second kappa shape index (κ2) is 8.10. The van der Waals surface area contributed by atoms with E-state index in [9.17, 15) is 0 Å². The molecule has 0 spiro atoms. The highest BCUT2D eigenvalue weighted by Crippen LogP contribution is 2.20. The molecule has 0 amide bonds. The van der Waals surface area contributed by atoms with Gasteiger partial charge >= 0.3 is 0 Å². The van der Waals surface area contributed by atoms with E-state index in [-0.39, 0.29) is 0 Å². The standard InChI is InChI=1S/C15H32N2/c1-5-16-12-15-8-10-17(11-9-15)14(4)7-6-13(2)3/h13-16H,5-12H2,1-4H3. The molecule has 1 fully saturated rings. The van der Waals surface area contributed by atoms with E-state index < -0.39 is 0 Å². The summed E-state index contributed by atoms with van der Waals surface area (Å²) in [5, 5.41) is 3.48. The molecule has 1 atom stereocenters. The van der Waals surface area contributed by atoms with Gasteiger partial charge in [-0.1, -0.05) is 20.8 Å². The van der Waals surface area contributed by atoms with Gasteiger partial charge in [-0.15, -0.1) is 0 Å². The van der Waals surface area contributed by atoms with Gasteiger partial charge in [0.2, 0.25) is 0 Å². The summed E-state index contributed by atoms with van der Waals surface area (Å²) in [4.78, 5) is 2.70. The van der Waals surface area contributed by atoms with Gasteiger partial charge in [0.1, 0.15) is 0 Å². The van der Waals surface area contributed by atoms with Gasteiger partial charge in [-0.2, -0.15) is 0 Å². The number of hydrogen-bond donors (Lipinski definition) is 1. The summed E-state index contributed by atoms with van der Waals surface area (Å²) in [6.45, 7) is 14.2. The second-order valence-corrected chi connectivity index (χ2v) is 6.11. The van der Waals surface area contributed by atoms with Crippen LogP contribution in [0.3, 0.4) is 0 Å². The maximum Gasteiger partial charge on any atom is 0.00670 e. The molecule has 0 aromatic heterocycles. The van der Waals surface area contributed by atoms with Crippen molar-refractivity contribution in [2.45, 2.75) is 59.4 Å². The Kier molecular flexibility index (Phi) is 7.14. The average Bonchev–Trinajstić information content (AvgIpc) is 2.34. The number of likely N-dealkylation sites (tertiary alicyclic amines) is 1. The van der Waals surface area contributed by atoms with Crippen molar-refractivity contribution in [1.29, 1.82) is 0 Å². The van der Waals surface area contributed by atoms with Crippen LogP contribution in [-0.4, -0.2) is 37.1 Å². The Bertz CT molecular complexity index is 183. The van der Waals surface area contributed by atoms with E-state index in [1.165, 1.54) is 45.3 Å². The third-order valence-corrected chi connectivity index (χ3v) is 4.12. The molecule has 0 aliphatic carbocycles. The molecule has 1 unspecified atom stereocenters. The van der Waals surface area contributed by atoms with E-state index in [2.05, 4.69) is 37.9 Å². The van der Waals surface area contributed by atoms with Crippen LogP contribution in [0.5, 0.6) is 0 Å². The van der Waals surface area contributed by atoms with E-state index in [0.717, 1.165) is 24.4 Å². The van der Waals surface area contributed by atoms with Crippen LogP contribution in [0.1, 0.15) is 53.4 Å². The smallest absolute Gasteiger partial charge is 0.00670 e. The maximum absolute atomic E-state index is 3.48. The first-order valence-electron chi connectivity index (χ1n) is 7.58. The quantitative estimate of drug-likeness (QED) is 0.735. The SMILES string of the molecule is CCNCC1CCN(C(C)CCC(C)C)CC1. The van der Waals surface area contributed by atoms with E-state index in [1.54, 1.807) is 0 Å². The lowest BCUT2D eigenvalue weighted by atomic mass is 9.94. The zero-order chi connectivity index (χ0) is 12.7. The highest BCUT2D eigenvalue weighted by molar-refractivity contribution is 4.77. The lowest BCUT2D eigenvalue weighted by Gasteiger charge is -2.36. The van der Waals surface area contributed by atoms with Gasteiger partial charge in [-0.05, 0) is 70.6 Å². The molecule has 0 aromatic carbocycles. The number of rotatable bonds is 7. The van der Waals surface area contributed by atoms with Crippen molar-refractivity contribution in [3.05, 3.63) is 0 Å². The Morgan fingerprint density at radius 2 is 1.76 bits per heavy atom. The Hall–Kier alpha value is -0.0800. The molecular weight excluding hydrogens is 208 g/mol. The van der Waals surface area contributed by atoms with Crippen LogP contribution in [0.15, 0.2) is 0 Å². The summed E-state index contributed by atoms with van der Waals surface area (Å²) >= 11 is 0. The molecule has 102 valence electrons. The molecule has 1 aliphatic heterocycles. The third-order valence-electron chi connectivity index (χ3n) is 4.12. The van der Waals surface area contributed by atoms with Crippen molar-refractivity contribution >= 4 is 0 Å². The van der Waals surface area contributed by atoms with Crippen LogP contribution in [-0.2, 0) is 0 Å². The molecular formula is C15H32N2. The summed E-state index contributed by atoms with van der Waals surface area (Å²) in [5.41, 5.74) is 0. The van der Waals surface area contributed by atoms with Crippen molar-refractivity contribution in [3.8, 4) is 0 Å². The normalized spacial score (nSPS) is 21.0. The highest BCUT2D eigenvalue weighted by Gasteiger charge is 2.22. The molecule has 1 saturated heterocycles. The highest BCUT2D eigenvalue weighted by atomic mass is 15.2. The number of nitrogens with one attached hydrogen (secondary N) is 1. The molecule has 0 bridgehead atoms. The van der Waals surface area contributed by atoms with Gasteiger partial charge in [0.15, 0.2) is 0 Å². The molecule has 1 N–H and O–H groups in total. The van der Waals surface area contributed by atoms with Gasteiger partial charge in [0.05, 0.1) is 0 Å². The summed E-state index contributed by atoms with van der Waals surface area (Å²) in [7, 11) is 0. The van der Waals surface area contributed by atoms with Crippen LogP contribution in [0.2, 0.25) is 0 Å². The predicted octanol–water partition coefficient (Wildman–Crippen LogP) is 3.13. The second-order valence-electron chi connectivity index (χ2n) is 6.11. The van der Waals surface area contributed by atoms with Gasteiger partial charge in [0, 0.05) is 6.04 Å². The Morgan fingerprint density at radius 1 is 1.12 bits per heavy atom. The van der Waals surface area contributed by atoms with Crippen molar-refractivity contribution in [1.82, 2.24) is 10.2 Å². The molecule has 0 radical (unpaired) electrons. The number of nitrogens with zero attached hydrogens (tertiary/aromatic N) is 1. The van der Waals surface area contributed by atoms with E-state index in [0.29, 0.717) is 0 Å². The van der Waals surface area contributed by atoms with Gasteiger partial charge < -0.3 is 10.2 Å². The minimum atomic E-state index is 0.789. The number of piperidine rings is 1. The van der Waals surface area contributed by atoms with Crippen molar-refractivity contribution in [2.24, 2.45) is 11.8 Å². The molecule has 1 aliphatic rings. The molecule has 0 aromatic rings. The zero-order valence-corrected chi connectivity index (χ0v) is 12.3. The minimum Gasteiger partial charge on any atom is -0.317 e. The largest absolute Gasteiger partial charge is 0.317 e. The van der Waals surface area contributed by atoms with Crippen LogP contribution in [0.25, 0.3) is 0 Å². The lowest BCUT2D eigenvalue weighted by Crippen LogP contribution is -2.42. The first kappa shape index (κ1) is 15.0. The maximum atomic E-state index is 3.48. The third kappa shape index (κ3) is 5.87. The van der Waals surface area contributed by atoms with Gasteiger partial charge in [0.25, 0.3) is 0 Å². The summed E-state index contributed by atoms with van der Waals surface area (Å²) in [5.74, 6) is 1.77. The molecule has 0 saturated carbocycles. The average molecular weight is 240 g/mol. The van der Waals surface area contributed by atoms with Crippen LogP contribution in [0, 0.1) is 11.8 Å². The van der Waals surface area contributed by atoms with Crippen LogP contribution >= 0.6 is 0 Å². The van der Waals surface area contributed by atoms with Crippen LogP contribution < -0.4 is 5.32 Å². The summed E-state index contributed by atoms with van der Waals surface area (Å²) in [6, 6.07) is 0.789. The molecule has 2 nitrogen and oxygen atoms in total. The van der Waals surface area contributed by atoms with E-state index in [4.69, 9.17) is 0 Å². The monoisotopic (exact) mass is 240 g/mol. The summed E-state index contributed by atoms with van der Waals surface area (Å²) < 4.78 is 0. The summed E-state index contributed by atoms with van der Waals surface area (Å²) in [6.07, 6.45) is 5.52. The predicted molar refractivity (Wildman–Crippen MR) is 76.4 cm³/mol. The Labute approximate surface area is 108 Å². The molecule has 1 rings (SSSR count). The van der Waals surface area contributed by atoms with E-state index >= 15 is 0 Å². The molecule has 1 heterocycles. The van der Waals surface area contributed by atoms with E-state index in [1.807, 2.05) is 0 Å². The van der Waals surface area contributed by atoms with Crippen molar-refractivity contribution in [2.75, 3.05) is 26.2 Å². The number of hydrogen-bond acceptors (Lipinski definition) is 2. The molecule has 17 heavy (non-hydrogen) atoms. The van der Waals surface area contributed by atoms with Crippen LogP contribution in [0.4, 0.5) is 0 Å². The topological polar surface area (TPSA) is 15.3 Å². The fourth-order valence-electron chi connectivity index (χ4n) is 2.70. The van der Waals surface area contributed by atoms with Crippen molar-refractivity contribution < 1.29 is 0 Å². The Morgan fingerprint density at radius 3 is 2.29 bits per heavy atom. The lowest BCUT2D eigenvalue weighted by molar-refractivity contribution is 0.131. The molecule has 2 heteroatoms. The Balaban J connectivity index is 2.17. The first-order valence-corrected chi connectivity index (χ1v) is 7.58. The zero-order valence-electron chi connectivity index (χ0n) is 12.3. The van der Waals surface area contributed by atoms with Gasteiger partial charge in [-0.25, -0.2) is 0 Å².